The zero-order valence-corrected chi connectivity index (χ0v) is 17.9. The van der Waals surface area contributed by atoms with Crippen LogP contribution >= 0.6 is 0 Å². The second-order valence-electron chi connectivity index (χ2n) is 7.23. The normalized spacial score (nSPS) is 17.9. The van der Waals surface area contributed by atoms with E-state index >= 15 is 0 Å². The molecule has 0 amide bonds. The van der Waals surface area contributed by atoms with Crippen molar-refractivity contribution in [1.82, 2.24) is 0 Å². The predicted molar refractivity (Wildman–Crippen MR) is 97.5 cm³/mol. The van der Waals surface area contributed by atoms with Crippen molar-refractivity contribution in [1.29, 1.82) is 0 Å². The Bertz CT molecular complexity index is 212. The second kappa shape index (κ2) is 12.2. The van der Waals surface area contributed by atoms with Gasteiger partial charge in [-0.15, -0.1) is 0 Å². The fraction of sp³-hybridized carbons (Fsp3) is 1.00. The summed E-state index contributed by atoms with van der Waals surface area (Å²) in [5.74, 6) is 0. The minimum absolute atomic E-state index is 0.647. The quantitative estimate of drug-likeness (QED) is 0.265. The van der Waals surface area contributed by atoms with Crippen LogP contribution in [-0.2, 0) is 3.07 Å². The number of hydrogen-bond donors (Lipinski definition) is 0. The van der Waals surface area contributed by atoms with E-state index in [1.807, 2.05) is 0 Å². The molecule has 0 aromatic rings. The first-order chi connectivity index (χ1) is 10.3. The summed E-state index contributed by atoms with van der Waals surface area (Å²) in [5, 5.41) is 0. The topological polar surface area (TPSA) is 9.23 Å². The first kappa shape index (κ1) is 19.8. The van der Waals surface area contributed by atoms with Crippen LogP contribution < -0.4 is 0 Å². The van der Waals surface area contributed by atoms with Gasteiger partial charge in [-0.1, -0.05) is 0 Å². The maximum atomic E-state index is 7.08. The van der Waals surface area contributed by atoms with Crippen LogP contribution in [0.5, 0.6) is 0 Å². The van der Waals surface area contributed by atoms with E-state index < -0.39 is 18.8 Å². The minimum atomic E-state index is -2.33. The van der Waals surface area contributed by atoms with Crippen molar-refractivity contribution in [3.05, 3.63) is 0 Å². The third-order valence-electron chi connectivity index (χ3n) is 5.18. The Kier molecular flexibility index (Phi) is 11.5. The Labute approximate surface area is 139 Å². The van der Waals surface area contributed by atoms with Crippen molar-refractivity contribution in [3.63, 3.8) is 0 Å². The molecular weight excluding hydrogens is 363 g/mol. The van der Waals surface area contributed by atoms with Crippen molar-refractivity contribution < 1.29 is 3.07 Å². The number of hydrogen-bond acceptors (Lipinski definition) is 1. The summed E-state index contributed by atoms with van der Waals surface area (Å²) >= 11 is -2.33. The molecule has 0 bridgehead atoms. The molecule has 0 spiro atoms. The molecule has 0 radical (unpaired) electrons. The molecule has 2 heteroatoms. The molecular formula is C19H40OSn. The summed E-state index contributed by atoms with van der Waals surface area (Å²) < 4.78 is 11.6. The van der Waals surface area contributed by atoms with Gasteiger partial charge in [-0.3, -0.25) is 0 Å². The molecule has 1 aliphatic carbocycles. The van der Waals surface area contributed by atoms with Crippen molar-refractivity contribution in [2.75, 3.05) is 0 Å². The average Bonchev–Trinajstić information content (AvgIpc) is 2.77. The van der Waals surface area contributed by atoms with E-state index in [4.69, 9.17) is 3.07 Å². The molecule has 21 heavy (non-hydrogen) atoms. The summed E-state index contributed by atoms with van der Waals surface area (Å²) in [4.78, 5) is 0. The summed E-state index contributed by atoms with van der Waals surface area (Å²) in [6.45, 7) is 7.05. The van der Waals surface area contributed by atoms with E-state index in [0.717, 1.165) is 0 Å². The Balaban J connectivity index is 2.67. The average molecular weight is 403 g/mol. The summed E-state index contributed by atoms with van der Waals surface area (Å²) in [6.07, 6.45) is 17.4. The van der Waals surface area contributed by atoms with Crippen molar-refractivity contribution in [2.45, 2.75) is 117 Å². The van der Waals surface area contributed by atoms with Gasteiger partial charge in [0.15, 0.2) is 0 Å². The Morgan fingerprint density at radius 3 is 1.52 bits per heavy atom. The zero-order chi connectivity index (χ0) is 15.4. The van der Waals surface area contributed by atoms with Crippen molar-refractivity contribution >= 4 is 18.8 Å². The standard InChI is InChI=1S/C7H13O.3C4H9.Sn/c8-7-5-3-1-2-4-6-7;3*1-3-4-2;/h7H,1-6H2;3*1,3-4H2,2H3;/q-1;;;;+1. The molecule has 0 N–H and O–H groups in total. The van der Waals surface area contributed by atoms with Crippen LogP contribution in [-0.4, -0.2) is 24.9 Å². The van der Waals surface area contributed by atoms with Gasteiger partial charge in [0.05, 0.1) is 0 Å². The van der Waals surface area contributed by atoms with Crippen LogP contribution in [0, 0.1) is 0 Å². The van der Waals surface area contributed by atoms with Gasteiger partial charge in [0.25, 0.3) is 0 Å². The Morgan fingerprint density at radius 2 is 1.14 bits per heavy atom. The van der Waals surface area contributed by atoms with Crippen molar-refractivity contribution in [2.24, 2.45) is 0 Å². The molecule has 0 atom stereocenters. The van der Waals surface area contributed by atoms with E-state index in [1.54, 1.807) is 0 Å². The molecule has 0 unspecified atom stereocenters. The fourth-order valence-corrected chi connectivity index (χ4v) is 18.1. The Morgan fingerprint density at radius 1 is 0.714 bits per heavy atom. The van der Waals surface area contributed by atoms with E-state index in [2.05, 4.69) is 20.8 Å². The van der Waals surface area contributed by atoms with E-state index in [9.17, 15) is 0 Å². The molecule has 1 nitrogen and oxygen atoms in total. The molecule has 1 aliphatic rings. The van der Waals surface area contributed by atoms with Crippen LogP contribution in [0.15, 0.2) is 0 Å². The monoisotopic (exact) mass is 404 g/mol. The fourth-order valence-electron chi connectivity index (χ4n) is 3.76. The summed E-state index contributed by atoms with van der Waals surface area (Å²) in [6, 6.07) is 0. The van der Waals surface area contributed by atoms with E-state index in [1.165, 1.54) is 90.4 Å². The number of unbranched alkanes of at least 4 members (excludes halogenated alkanes) is 3. The van der Waals surface area contributed by atoms with Gasteiger partial charge >= 0.3 is 139 Å². The Hall–Kier alpha value is 0.759. The molecule has 0 heterocycles. The van der Waals surface area contributed by atoms with Crippen LogP contribution in [0.4, 0.5) is 0 Å². The molecule has 126 valence electrons. The van der Waals surface area contributed by atoms with Gasteiger partial charge in [0, 0.05) is 0 Å². The predicted octanol–water partition coefficient (Wildman–Crippen LogP) is 7.07. The molecule has 0 aromatic carbocycles. The summed E-state index contributed by atoms with van der Waals surface area (Å²) in [5.41, 5.74) is 0. The van der Waals surface area contributed by atoms with Crippen molar-refractivity contribution in [3.8, 4) is 0 Å². The molecule has 0 saturated heterocycles. The maximum absolute atomic E-state index is 7.08. The second-order valence-corrected chi connectivity index (χ2v) is 18.9. The van der Waals surface area contributed by atoms with E-state index in [0.29, 0.717) is 6.10 Å². The van der Waals surface area contributed by atoms with Gasteiger partial charge in [0.2, 0.25) is 0 Å². The molecule has 1 saturated carbocycles. The third-order valence-corrected chi connectivity index (χ3v) is 18.4. The summed E-state index contributed by atoms with van der Waals surface area (Å²) in [7, 11) is 0. The molecule has 1 rings (SSSR count). The molecule has 1 fully saturated rings. The zero-order valence-electron chi connectivity index (χ0n) is 15.1. The molecule has 0 aliphatic heterocycles. The van der Waals surface area contributed by atoms with Gasteiger partial charge in [-0.2, -0.15) is 0 Å². The van der Waals surface area contributed by atoms with E-state index in [-0.39, 0.29) is 0 Å². The number of rotatable bonds is 11. The van der Waals surface area contributed by atoms with Gasteiger partial charge in [0.1, 0.15) is 0 Å². The van der Waals surface area contributed by atoms with Gasteiger partial charge in [-0.05, 0) is 0 Å². The molecule has 0 aromatic heterocycles. The first-order valence-corrected chi connectivity index (χ1v) is 17.2. The van der Waals surface area contributed by atoms with Crippen LogP contribution in [0.2, 0.25) is 13.3 Å². The van der Waals surface area contributed by atoms with Crippen LogP contribution in [0.1, 0.15) is 97.8 Å². The SMILES string of the molecule is CCC[CH2][Sn]([CH2]CCC)([CH2]CCC)[O]C1CCCCCC1. The van der Waals surface area contributed by atoms with Crippen LogP contribution in [0.25, 0.3) is 0 Å². The first-order valence-electron chi connectivity index (χ1n) is 9.94. The van der Waals surface area contributed by atoms with Gasteiger partial charge in [-0.25, -0.2) is 0 Å². The van der Waals surface area contributed by atoms with Crippen LogP contribution in [0.3, 0.4) is 0 Å². The van der Waals surface area contributed by atoms with Gasteiger partial charge < -0.3 is 0 Å². The third kappa shape index (κ3) is 8.25.